The van der Waals surface area contributed by atoms with Crippen LogP contribution in [0.4, 0.5) is 5.69 Å². The number of nitrogens with zero attached hydrogens (tertiary/aromatic N) is 1. The topological polar surface area (TPSA) is 49.8 Å². The van der Waals surface area contributed by atoms with E-state index in [-0.39, 0.29) is 24.5 Å². The van der Waals surface area contributed by atoms with Gasteiger partial charge in [0.2, 0.25) is 0 Å². The van der Waals surface area contributed by atoms with E-state index in [0.29, 0.717) is 13.0 Å². The van der Waals surface area contributed by atoms with E-state index in [1.165, 1.54) is 0 Å². The Labute approximate surface area is 167 Å². The van der Waals surface area contributed by atoms with Crippen molar-refractivity contribution in [2.75, 3.05) is 11.5 Å². The quantitative estimate of drug-likeness (QED) is 0.702. The molecule has 0 bridgehead atoms. The highest BCUT2D eigenvalue weighted by Gasteiger charge is 2.59. The zero-order valence-corrected chi connectivity index (χ0v) is 16.8. The minimum atomic E-state index is -0.925. The molecule has 0 unspecified atom stereocenters. The van der Waals surface area contributed by atoms with E-state index >= 15 is 0 Å². The van der Waals surface area contributed by atoms with Gasteiger partial charge in [0, 0.05) is 21.7 Å². The lowest BCUT2D eigenvalue weighted by Gasteiger charge is -2.28. The number of carbonyl (C=O) groups is 1. The number of rotatable bonds is 4. The van der Waals surface area contributed by atoms with Crippen molar-refractivity contribution < 1.29 is 14.6 Å². The molecule has 1 fully saturated rings. The summed E-state index contributed by atoms with van der Waals surface area (Å²) < 4.78 is 7.46. The molecule has 136 valence electrons. The summed E-state index contributed by atoms with van der Waals surface area (Å²) in [6.07, 6.45) is 1.27. The molecule has 2 aliphatic rings. The van der Waals surface area contributed by atoms with E-state index in [9.17, 15) is 9.90 Å². The third-order valence-electron chi connectivity index (χ3n) is 5.51. The van der Waals surface area contributed by atoms with E-state index in [0.717, 1.165) is 26.8 Å². The van der Waals surface area contributed by atoms with Crippen LogP contribution in [0.5, 0.6) is 0 Å². The second-order valence-corrected chi connectivity index (χ2v) is 8.41. The highest BCUT2D eigenvalue weighted by Crippen LogP contribution is 2.54. The summed E-state index contributed by atoms with van der Waals surface area (Å²) in [7, 11) is 0. The lowest BCUT2D eigenvalue weighted by molar-refractivity contribution is -0.146. The number of benzene rings is 2. The van der Waals surface area contributed by atoms with Gasteiger partial charge < -0.3 is 14.7 Å². The molecule has 4 rings (SSSR count). The minimum Gasteiger partial charge on any atom is -0.396 e. The Balaban J connectivity index is 1.77. The number of carbonyl (C=O) groups excluding carboxylic acids is 1. The molecule has 1 amide bonds. The second kappa shape index (κ2) is 6.94. The van der Waals surface area contributed by atoms with Crippen LogP contribution in [0.3, 0.4) is 0 Å². The molecule has 2 aromatic rings. The number of fused-ring (bicyclic) bond motifs is 2. The van der Waals surface area contributed by atoms with Crippen LogP contribution in [0.2, 0.25) is 0 Å². The lowest BCUT2D eigenvalue weighted by Crippen LogP contribution is -2.43. The molecule has 1 N–H and O–H groups in total. The maximum absolute atomic E-state index is 13.6. The number of anilines is 1. The molecule has 2 aromatic carbocycles. The first kappa shape index (κ1) is 17.9. The molecule has 0 aromatic heterocycles. The smallest absolute Gasteiger partial charge is 0.264 e. The second-order valence-electron chi connectivity index (χ2n) is 7.16. The van der Waals surface area contributed by atoms with Crippen molar-refractivity contribution in [1.82, 2.24) is 0 Å². The van der Waals surface area contributed by atoms with Crippen molar-refractivity contribution in [2.45, 2.75) is 38.0 Å². The van der Waals surface area contributed by atoms with E-state index < -0.39 is 5.60 Å². The molecule has 3 atom stereocenters. The molecule has 2 heterocycles. The third-order valence-corrected chi connectivity index (χ3v) is 6.18. The first-order chi connectivity index (χ1) is 12.6. The van der Waals surface area contributed by atoms with Gasteiger partial charge in [-0.05, 0) is 59.2 Å². The van der Waals surface area contributed by atoms with Crippen molar-refractivity contribution in [2.24, 2.45) is 5.92 Å². The number of aliphatic hydroxyl groups is 1. The zero-order valence-electron chi connectivity index (χ0n) is 14.7. The van der Waals surface area contributed by atoms with Gasteiger partial charge >= 0.3 is 0 Å². The maximum Gasteiger partial charge on any atom is 0.264 e. The Morgan fingerprint density at radius 1 is 1.27 bits per heavy atom. The molecule has 1 saturated heterocycles. The van der Waals surface area contributed by atoms with Crippen LogP contribution in [-0.4, -0.2) is 23.7 Å². The highest BCUT2D eigenvalue weighted by atomic mass is 127. The van der Waals surface area contributed by atoms with E-state index in [1.807, 2.05) is 47.4 Å². The Bertz CT molecular complexity index is 825. The van der Waals surface area contributed by atoms with Gasteiger partial charge in [-0.2, -0.15) is 0 Å². The number of ether oxygens (including phenoxy) is 1. The van der Waals surface area contributed by atoms with Crippen LogP contribution in [0, 0.1) is 9.49 Å². The fourth-order valence-electron chi connectivity index (χ4n) is 4.29. The molecule has 26 heavy (non-hydrogen) atoms. The molecule has 5 heteroatoms. The van der Waals surface area contributed by atoms with Gasteiger partial charge in [0.05, 0.1) is 18.3 Å². The number of halogens is 1. The van der Waals surface area contributed by atoms with Crippen molar-refractivity contribution in [3.05, 3.63) is 63.2 Å². The summed E-state index contributed by atoms with van der Waals surface area (Å²) in [5.74, 6) is 0.0931. The molecule has 1 spiro atoms. The van der Waals surface area contributed by atoms with Crippen LogP contribution in [0.25, 0.3) is 0 Å². The summed E-state index contributed by atoms with van der Waals surface area (Å²) in [6.45, 7) is 2.70. The first-order valence-electron chi connectivity index (χ1n) is 9.01. The number of amides is 1. The van der Waals surface area contributed by atoms with E-state index in [1.54, 1.807) is 0 Å². The third kappa shape index (κ3) is 2.77. The Morgan fingerprint density at radius 3 is 2.77 bits per heavy atom. The summed E-state index contributed by atoms with van der Waals surface area (Å²) >= 11 is 2.28. The average Bonchev–Trinajstić information content (AvgIpc) is 3.07. The Kier molecular flexibility index (Phi) is 4.79. The van der Waals surface area contributed by atoms with Gasteiger partial charge in [0.25, 0.3) is 5.91 Å². The van der Waals surface area contributed by atoms with Crippen LogP contribution >= 0.6 is 22.6 Å². The van der Waals surface area contributed by atoms with Crippen LogP contribution in [-0.2, 0) is 21.7 Å². The van der Waals surface area contributed by atoms with Crippen molar-refractivity contribution in [3.8, 4) is 0 Å². The molecule has 0 radical (unpaired) electrons. The molecule has 0 saturated carbocycles. The number of hydrogen-bond acceptors (Lipinski definition) is 3. The van der Waals surface area contributed by atoms with Gasteiger partial charge in [0.15, 0.2) is 5.60 Å². The molecule has 0 aliphatic carbocycles. The first-order valence-corrected chi connectivity index (χ1v) is 10.1. The van der Waals surface area contributed by atoms with Crippen LogP contribution < -0.4 is 4.90 Å². The minimum absolute atomic E-state index is 0.0197. The lowest BCUT2D eigenvalue weighted by atomic mass is 9.83. The van der Waals surface area contributed by atoms with Gasteiger partial charge in [-0.1, -0.05) is 37.3 Å². The fraction of sp³-hybridized carbons (Fsp3) is 0.381. The summed E-state index contributed by atoms with van der Waals surface area (Å²) in [5, 5.41) is 9.32. The predicted molar refractivity (Wildman–Crippen MR) is 109 cm³/mol. The largest absolute Gasteiger partial charge is 0.396 e. The molecular weight excluding hydrogens is 441 g/mol. The van der Waals surface area contributed by atoms with Crippen LogP contribution in [0.1, 0.15) is 30.9 Å². The fourth-order valence-corrected chi connectivity index (χ4v) is 4.78. The van der Waals surface area contributed by atoms with E-state index in [2.05, 4.69) is 35.6 Å². The van der Waals surface area contributed by atoms with E-state index in [4.69, 9.17) is 4.74 Å². The van der Waals surface area contributed by atoms with Gasteiger partial charge in [-0.25, -0.2) is 0 Å². The summed E-state index contributed by atoms with van der Waals surface area (Å²) in [4.78, 5) is 15.5. The summed E-state index contributed by atoms with van der Waals surface area (Å²) in [5.41, 5.74) is 2.08. The predicted octanol–water partition coefficient (Wildman–Crippen LogP) is 3.84. The average molecular weight is 463 g/mol. The van der Waals surface area contributed by atoms with Crippen molar-refractivity contribution >= 4 is 34.2 Å². The molecule has 4 nitrogen and oxygen atoms in total. The Morgan fingerprint density at radius 2 is 2.04 bits per heavy atom. The molecular formula is C21H22INO3. The van der Waals surface area contributed by atoms with Crippen LogP contribution in [0.15, 0.2) is 48.5 Å². The Hall–Kier alpha value is -1.44. The zero-order chi connectivity index (χ0) is 18.3. The standard InChI is InChI=1S/C21H22INO3/c1-14-11-17(9-10-24)26-21(14)18-12-16(22)7-8-19(18)23(20(21)25)13-15-5-3-2-4-6-15/h2-8,12,14,17,24H,9-11,13H2,1H3/t14-,17+,21+/m0/s1. The molecule has 2 aliphatic heterocycles. The summed E-state index contributed by atoms with van der Waals surface area (Å²) in [6, 6.07) is 16.2. The normalized spacial score (nSPS) is 27.3. The monoisotopic (exact) mass is 463 g/mol. The number of hydrogen-bond donors (Lipinski definition) is 1. The highest BCUT2D eigenvalue weighted by molar-refractivity contribution is 14.1. The number of aliphatic hydroxyl groups excluding tert-OH is 1. The maximum atomic E-state index is 13.6. The SMILES string of the molecule is C[C@H]1C[C@@H](CCO)O[C@]12C(=O)N(Cc1ccccc1)c1ccc(I)cc12. The van der Waals surface area contributed by atoms with Gasteiger partial charge in [-0.3, -0.25) is 4.79 Å². The van der Waals surface area contributed by atoms with Crippen molar-refractivity contribution in [1.29, 1.82) is 0 Å². The van der Waals surface area contributed by atoms with Crippen molar-refractivity contribution in [3.63, 3.8) is 0 Å². The van der Waals surface area contributed by atoms with Gasteiger partial charge in [0.1, 0.15) is 0 Å². The van der Waals surface area contributed by atoms with Gasteiger partial charge in [-0.15, -0.1) is 0 Å².